The minimum atomic E-state index is -0.533. The van der Waals surface area contributed by atoms with E-state index in [1.54, 1.807) is 0 Å². The van der Waals surface area contributed by atoms with E-state index >= 15 is 0 Å². The number of esters is 1. The Bertz CT molecular complexity index is 581. The lowest BCUT2D eigenvalue weighted by Gasteiger charge is -2.10. The Hall–Kier alpha value is -2.25. The van der Waals surface area contributed by atoms with E-state index in [0.29, 0.717) is 11.7 Å². The van der Waals surface area contributed by atoms with Crippen LogP contribution in [0.4, 0.5) is 0 Å². The van der Waals surface area contributed by atoms with Crippen LogP contribution < -0.4 is 0 Å². The molecular weight excluding hydrogens is 250 g/mol. The predicted octanol–water partition coefficient (Wildman–Crippen LogP) is 0.793. The van der Waals surface area contributed by atoms with Crippen molar-refractivity contribution in [2.75, 3.05) is 7.11 Å². The molecule has 102 valence electrons. The van der Waals surface area contributed by atoms with Crippen molar-refractivity contribution in [2.24, 2.45) is 0 Å². The first-order chi connectivity index (χ1) is 8.90. The summed E-state index contributed by atoms with van der Waals surface area (Å²) in [4.78, 5) is 15.5. The van der Waals surface area contributed by atoms with Crippen LogP contribution in [0.1, 0.15) is 43.0 Å². The van der Waals surface area contributed by atoms with E-state index in [1.165, 1.54) is 18.0 Å². The molecule has 0 fully saturated rings. The lowest BCUT2D eigenvalue weighted by molar-refractivity contribution is 0.0594. The van der Waals surface area contributed by atoms with E-state index in [4.69, 9.17) is 4.52 Å². The summed E-state index contributed by atoms with van der Waals surface area (Å²) in [7, 11) is 1.29. The topological polar surface area (TPSA) is 95.9 Å². The van der Waals surface area contributed by atoms with Crippen LogP contribution in [0.2, 0.25) is 0 Å². The molecular formula is C11H15N5O3. The summed E-state index contributed by atoms with van der Waals surface area (Å²) in [6, 6.07) is 0. The molecule has 0 aliphatic heterocycles. The van der Waals surface area contributed by atoms with Crippen LogP contribution in [0.3, 0.4) is 0 Å². The zero-order valence-electron chi connectivity index (χ0n) is 11.2. The third kappa shape index (κ3) is 2.95. The normalized spacial score (nSPS) is 11.6. The van der Waals surface area contributed by atoms with Gasteiger partial charge in [0.15, 0.2) is 11.5 Å². The molecule has 0 unspecified atom stereocenters. The van der Waals surface area contributed by atoms with E-state index in [2.05, 4.69) is 25.2 Å². The van der Waals surface area contributed by atoms with Gasteiger partial charge < -0.3 is 9.26 Å². The number of hydrogen-bond donors (Lipinski definition) is 0. The fourth-order valence-corrected chi connectivity index (χ4v) is 1.34. The largest absolute Gasteiger partial charge is 0.464 e. The number of aromatic nitrogens is 5. The highest BCUT2D eigenvalue weighted by Gasteiger charge is 2.22. The standard InChI is InChI=1S/C11H15N5O3/c1-11(2,3)10-12-8(14-19-10)6-16-5-7(13-15-16)9(17)18-4/h5H,6H2,1-4H3. The Labute approximate surface area is 109 Å². The Balaban J connectivity index is 2.11. The number of methoxy groups -OCH3 is 1. The van der Waals surface area contributed by atoms with Gasteiger partial charge >= 0.3 is 5.97 Å². The summed E-state index contributed by atoms with van der Waals surface area (Å²) in [5.41, 5.74) is -0.0628. The van der Waals surface area contributed by atoms with Crippen LogP contribution in [0.15, 0.2) is 10.7 Å². The number of carbonyl (C=O) groups is 1. The van der Waals surface area contributed by atoms with Crippen molar-refractivity contribution in [1.29, 1.82) is 0 Å². The fraction of sp³-hybridized carbons (Fsp3) is 0.545. The summed E-state index contributed by atoms with van der Waals surface area (Å²) < 4.78 is 11.2. The van der Waals surface area contributed by atoms with Gasteiger partial charge in [-0.25, -0.2) is 9.48 Å². The van der Waals surface area contributed by atoms with E-state index < -0.39 is 5.97 Å². The lowest BCUT2D eigenvalue weighted by atomic mass is 9.97. The summed E-state index contributed by atoms with van der Waals surface area (Å²) in [5, 5.41) is 11.3. The first kappa shape index (κ1) is 13.2. The van der Waals surface area contributed by atoms with Crippen LogP contribution in [0.5, 0.6) is 0 Å². The van der Waals surface area contributed by atoms with E-state index in [-0.39, 0.29) is 17.7 Å². The minimum Gasteiger partial charge on any atom is -0.464 e. The molecule has 8 heteroatoms. The molecule has 0 aliphatic rings. The van der Waals surface area contributed by atoms with Gasteiger partial charge in [0.2, 0.25) is 5.89 Å². The fourth-order valence-electron chi connectivity index (χ4n) is 1.34. The van der Waals surface area contributed by atoms with Gasteiger partial charge in [-0.05, 0) is 0 Å². The highest BCUT2D eigenvalue weighted by atomic mass is 16.5. The zero-order valence-corrected chi connectivity index (χ0v) is 11.2. The number of nitrogens with zero attached hydrogens (tertiary/aromatic N) is 5. The van der Waals surface area contributed by atoms with Gasteiger partial charge in [0.25, 0.3) is 0 Å². The molecule has 19 heavy (non-hydrogen) atoms. The van der Waals surface area contributed by atoms with E-state index in [0.717, 1.165) is 0 Å². The summed E-state index contributed by atoms with van der Waals surface area (Å²) in [6.07, 6.45) is 1.47. The van der Waals surface area contributed by atoms with Gasteiger partial charge in [0.05, 0.1) is 13.3 Å². The van der Waals surface area contributed by atoms with Crippen LogP contribution >= 0.6 is 0 Å². The Kier molecular flexibility index (Phi) is 3.32. The third-order valence-electron chi connectivity index (χ3n) is 2.35. The highest BCUT2D eigenvalue weighted by molar-refractivity contribution is 5.86. The maximum absolute atomic E-state index is 11.2. The molecule has 0 saturated carbocycles. The highest BCUT2D eigenvalue weighted by Crippen LogP contribution is 2.19. The minimum absolute atomic E-state index is 0.141. The van der Waals surface area contributed by atoms with Crippen molar-refractivity contribution in [3.05, 3.63) is 23.6 Å². The van der Waals surface area contributed by atoms with Gasteiger partial charge in [-0.3, -0.25) is 0 Å². The lowest BCUT2D eigenvalue weighted by Crippen LogP contribution is -2.12. The van der Waals surface area contributed by atoms with Gasteiger partial charge in [-0.2, -0.15) is 4.98 Å². The molecule has 2 aromatic heterocycles. The molecule has 2 aromatic rings. The van der Waals surface area contributed by atoms with Gasteiger partial charge in [-0.15, -0.1) is 5.10 Å². The molecule has 0 atom stereocenters. The Morgan fingerprint density at radius 2 is 2.21 bits per heavy atom. The molecule has 0 radical (unpaired) electrons. The third-order valence-corrected chi connectivity index (χ3v) is 2.35. The maximum atomic E-state index is 11.2. The van der Waals surface area contributed by atoms with Crippen molar-refractivity contribution < 1.29 is 14.1 Å². The summed E-state index contributed by atoms with van der Waals surface area (Å²) >= 11 is 0. The predicted molar refractivity (Wildman–Crippen MR) is 63.5 cm³/mol. The second-order valence-corrected chi connectivity index (χ2v) is 5.06. The van der Waals surface area contributed by atoms with Gasteiger partial charge in [0, 0.05) is 5.41 Å². The van der Waals surface area contributed by atoms with E-state index in [9.17, 15) is 4.79 Å². The number of rotatable bonds is 3. The molecule has 0 amide bonds. The van der Waals surface area contributed by atoms with Crippen LogP contribution in [-0.4, -0.2) is 38.2 Å². The molecule has 2 rings (SSSR count). The van der Waals surface area contributed by atoms with Crippen LogP contribution in [-0.2, 0) is 16.7 Å². The average molecular weight is 265 g/mol. The number of carbonyl (C=O) groups excluding carboxylic acids is 1. The monoisotopic (exact) mass is 265 g/mol. The molecule has 0 saturated heterocycles. The SMILES string of the molecule is COC(=O)c1cn(Cc2noc(C(C)(C)C)n2)nn1. The van der Waals surface area contributed by atoms with Crippen molar-refractivity contribution in [1.82, 2.24) is 25.1 Å². The van der Waals surface area contributed by atoms with Crippen molar-refractivity contribution >= 4 is 5.97 Å². The maximum Gasteiger partial charge on any atom is 0.360 e. The molecule has 0 spiro atoms. The van der Waals surface area contributed by atoms with Crippen LogP contribution in [0, 0.1) is 0 Å². The molecule has 0 aliphatic carbocycles. The second kappa shape index (κ2) is 4.79. The molecule has 0 aromatic carbocycles. The summed E-state index contributed by atoms with van der Waals surface area (Å²) in [6.45, 7) is 6.23. The number of ether oxygens (including phenoxy) is 1. The van der Waals surface area contributed by atoms with Gasteiger partial charge in [0.1, 0.15) is 6.54 Å². The average Bonchev–Trinajstić information content (AvgIpc) is 2.97. The molecule has 2 heterocycles. The molecule has 0 bridgehead atoms. The number of hydrogen-bond acceptors (Lipinski definition) is 7. The van der Waals surface area contributed by atoms with E-state index in [1.807, 2.05) is 20.8 Å². The van der Waals surface area contributed by atoms with Crippen LogP contribution in [0.25, 0.3) is 0 Å². The van der Waals surface area contributed by atoms with Crippen molar-refractivity contribution in [2.45, 2.75) is 32.7 Å². The quantitative estimate of drug-likeness (QED) is 0.757. The second-order valence-electron chi connectivity index (χ2n) is 5.06. The Morgan fingerprint density at radius 1 is 1.47 bits per heavy atom. The van der Waals surface area contributed by atoms with Gasteiger partial charge in [-0.1, -0.05) is 31.1 Å². The van der Waals surface area contributed by atoms with Crippen molar-refractivity contribution in [3.8, 4) is 0 Å². The zero-order chi connectivity index (χ0) is 14.0. The summed E-state index contributed by atoms with van der Waals surface area (Å²) in [5.74, 6) is 0.497. The molecule has 8 nitrogen and oxygen atoms in total. The Morgan fingerprint density at radius 3 is 2.79 bits per heavy atom. The smallest absolute Gasteiger partial charge is 0.360 e. The molecule has 0 N–H and O–H groups in total. The first-order valence-corrected chi connectivity index (χ1v) is 5.71. The van der Waals surface area contributed by atoms with Crippen molar-refractivity contribution in [3.63, 3.8) is 0 Å². The first-order valence-electron chi connectivity index (χ1n) is 5.71.